The van der Waals surface area contributed by atoms with Crippen LogP contribution in [0.2, 0.25) is 0 Å². The summed E-state index contributed by atoms with van der Waals surface area (Å²) < 4.78 is 38.6. The number of imide groups is 1. The molecule has 0 saturated heterocycles. The minimum atomic E-state index is -1.41. The van der Waals surface area contributed by atoms with Crippen molar-refractivity contribution in [3.05, 3.63) is 48.0 Å². The number of hydrogen-bond acceptors (Lipinski definition) is 21. The quantitative estimate of drug-likeness (QED) is 0.0197. The minimum Gasteiger partial charge on any atom is -0.465 e. The highest BCUT2D eigenvalue weighted by molar-refractivity contribution is 7.81. The van der Waals surface area contributed by atoms with E-state index in [4.69, 9.17) is 33.2 Å². The zero-order chi connectivity index (χ0) is 46.4. The third kappa shape index (κ3) is 23.7. The first-order valence-corrected chi connectivity index (χ1v) is 23.2. The Balaban J connectivity index is 0.00000199. The standard InChI is InChI=1S/C28H46O13S6.C12H11NO2.CH4/c29-21(1-7-42)36-15-27(16-37-22(30)2-8-43,17-38-23(31)3-9-44)13-35-14-28(18-39-24(32)4-10-45,19-40-25(33)5-11-46)20-41-26(34)6-12-47;1-2-3-8-13-11(14)9-6-4-5-7-10(9)12(13)15;/h42-47H,1-20H2;2,4-7H,1,3,8H2;1H4. The third-order valence-corrected chi connectivity index (χ3v) is 9.72. The van der Waals surface area contributed by atoms with Gasteiger partial charge in [-0.25, -0.2) is 0 Å². The Hall–Kier alpha value is -3.02. The smallest absolute Gasteiger partial charge is 0.306 e. The lowest BCUT2D eigenvalue weighted by atomic mass is 9.90. The Morgan fingerprint density at radius 2 is 0.746 bits per heavy atom. The number of ether oxygens (including phenoxy) is 7. The molecule has 0 N–H and O–H groups in total. The molecular formula is C41H61NO15S6. The molecule has 0 bridgehead atoms. The average molecular weight is 1000 g/mol. The number of amides is 2. The molecule has 16 nitrogen and oxygen atoms in total. The van der Waals surface area contributed by atoms with E-state index in [-0.39, 0.29) is 145 Å². The second-order valence-electron chi connectivity index (χ2n) is 13.7. The largest absolute Gasteiger partial charge is 0.465 e. The molecule has 2 rings (SSSR count). The zero-order valence-corrected chi connectivity index (χ0v) is 39.8. The molecule has 1 heterocycles. The van der Waals surface area contributed by atoms with Crippen molar-refractivity contribution in [3.63, 3.8) is 0 Å². The van der Waals surface area contributed by atoms with E-state index in [0.717, 1.165) is 0 Å². The van der Waals surface area contributed by atoms with Crippen molar-refractivity contribution in [2.24, 2.45) is 10.8 Å². The predicted octanol–water partition coefficient (Wildman–Crippen LogP) is 4.65. The fourth-order valence-corrected chi connectivity index (χ4v) is 6.12. The van der Waals surface area contributed by atoms with Crippen LogP contribution in [-0.4, -0.2) is 146 Å². The number of thiol groups is 6. The third-order valence-electron chi connectivity index (χ3n) is 8.38. The van der Waals surface area contributed by atoms with Crippen molar-refractivity contribution in [3.8, 4) is 0 Å². The van der Waals surface area contributed by atoms with Gasteiger partial charge in [0.25, 0.3) is 11.8 Å². The molecule has 2 amide bonds. The highest BCUT2D eigenvalue weighted by Gasteiger charge is 2.41. The monoisotopic (exact) mass is 999 g/mol. The molecule has 0 atom stereocenters. The Kier molecular flexibility index (Phi) is 32.7. The molecule has 0 saturated carbocycles. The van der Waals surface area contributed by atoms with Crippen LogP contribution in [0, 0.1) is 10.8 Å². The molecule has 22 heteroatoms. The SMILES string of the molecule is C.C=CCCN1C(=O)c2ccccc2C1=O.O=C(CCS)OCC(COCC(COC(=O)CCS)(COC(=O)CCS)COC(=O)CCS)(COC(=O)CCS)COC(=O)CCS. The molecule has 1 aromatic rings. The summed E-state index contributed by atoms with van der Waals surface area (Å²) in [7, 11) is 0. The van der Waals surface area contributed by atoms with Gasteiger partial charge in [0.15, 0.2) is 0 Å². The van der Waals surface area contributed by atoms with E-state index in [0.29, 0.717) is 24.1 Å². The van der Waals surface area contributed by atoms with Crippen molar-refractivity contribution in [1.82, 2.24) is 4.90 Å². The maximum atomic E-state index is 12.3. The van der Waals surface area contributed by atoms with Crippen LogP contribution in [0.3, 0.4) is 0 Å². The van der Waals surface area contributed by atoms with Gasteiger partial charge >= 0.3 is 35.8 Å². The molecule has 0 unspecified atom stereocenters. The summed E-state index contributed by atoms with van der Waals surface area (Å²) in [5.74, 6) is -2.77. The Bertz CT molecular complexity index is 1410. The number of nitrogens with zero attached hydrogens (tertiary/aromatic N) is 1. The van der Waals surface area contributed by atoms with E-state index in [1.54, 1.807) is 30.3 Å². The summed E-state index contributed by atoms with van der Waals surface area (Å²) in [4.78, 5) is 98.6. The summed E-state index contributed by atoms with van der Waals surface area (Å²) in [5.41, 5.74) is -1.81. The zero-order valence-electron chi connectivity index (χ0n) is 34.4. The second-order valence-corrected chi connectivity index (χ2v) is 16.4. The normalized spacial score (nSPS) is 11.9. The van der Waals surface area contributed by atoms with Crippen LogP contribution in [0.15, 0.2) is 36.9 Å². The van der Waals surface area contributed by atoms with E-state index in [1.165, 1.54) is 4.90 Å². The number of fused-ring (bicyclic) bond motifs is 1. The van der Waals surface area contributed by atoms with Crippen molar-refractivity contribution < 1.29 is 71.5 Å². The summed E-state index contributed by atoms with van der Waals surface area (Å²) >= 11 is 24.2. The lowest BCUT2D eigenvalue weighted by Crippen LogP contribution is -2.47. The van der Waals surface area contributed by atoms with Gasteiger partial charge in [-0.2, -0.15) is 75.8 Å². The highest BCUT2D eigenvalue weighted by Crippen LogP contribution is 2.27. The predicted molar refractivity (Wildman–Crippen MR) is 256 cm³/mol. The van der Waals surface area contributed by atoms with Crippen LogP contribution in [0.4, 0.5) is 0 Å². The molecule has 1 aliphatic rings. The molecule has 0 fully saturated rings. The van der Waals surface area contributed by atoms with Crippen LogP contribution < -0.4 is 0 Å². The van der Waals surface area contributed by atoms with Crippen LogP contribution >= 0.6 is 75.8 Å². The van der Waals surface area contributed by atoms with Gasteiger partial charge in [0.1, 0.15) is 39.6 Å². The van der Waals surface area contributed by atoms with Gasteiger partial charge < -0.3 is 33.2 Å². The van der Waals surface area contributed by atoms with Crippen LogP contribution in [0.25, 0.3) is 0 Å². The summed E-state index contributed by atoms with van der Waals surface area (Å²) in [6.45, 7) is 0.965. The van der Waals surface area contributed by atoms with Crippen LogP contribution in [0.5, 0.6) is 0 Å². The highest BCUT2D eigenvalue weighted by atomic mass is 32.1. The van der Waals surface area contributed by atoms with E-state index in [9.17, 15) is 38.4 Å². The fraction of sp³-hybridized carbons (Fsp3) is 0.610. The number of carbonyl (C=O) groups excluding carboxylic acids is 8. The number of carbonyl (C=O) groups is 8. The lowest BCUT2D eigenvalue weighted by Gasteiger charge is -2.35. The number of benzene rings is 1. The molecule has 0 aliphatic carbocycles. The van der Waals surface area contributed by atoms with Crippen molar-refractivity contribution in [2.45, 2.75) is 52.4 Å². The minimum absolute atomic E-state index is 0. The molecule has 63 heavy (non-hydrogen) atoms. The molecule has 0 radical (unpaired) electrons. The molecule has 0 spiro atoms. The first kappa shape index (κ1) is 60.0. The van der Waals surface area contributed by atoms with Gasteiger partial charge in [0.05, 0.1) is 73.7 Å². The van der Waals surface area contributed by atoms with Crippen molar-refractivity contribution >= 4 is 123 Å². The fourth-order valence-electron chi connectivity index (χ4n) is 5.03. The molecule has 356 valence electrons. The topological polar surface area (TPSA) is 204 Å². The van der Waals surface area contributed by atoms with Gasteiger partial charge in [-0.3, -0.25) is 43.3 Å². The van der Waals surface area contributed by atoms with Gasteiger partial charge in [0.2, 0.25) is 0 Å². The average Bonchev–Trinajstić information content (AvgIpc) is 3.49. The summed E-state index contributed by atoms with van der Waals surface area (Å²) in [6.07, 6.45) is 2.22. The van der Waals surface area contributed by atoms with Crippen LogP contribution in [-0.2, 0) is 61.9 Å². The van der Waals surface area contributed by atoms with E-state index in [1.807, 2.05) is 0 Å². The van der Waals surface area contributed by atoms with Gasteiger partial charge in [-0.1, -0.05) is 25.6 Å². The van der Waals surface area contributed by atoms with Gasteiger partial charge in [-0.15, -0.1) is 6.58 Å². The van der Waals surface area contributed by atoms with Crippen molar-refractivity contribution in [1.29, 1.82) is 0 Å². The van der Waals surface area contributed by atoms with Gasteiger partial charge in [-0.05, 0) is 18.6 Å². The first-order chi connectivity index (χ1) is 29.7. The Labute approximate surface area is 402 Å². The Morgan fingerprint density at radius 1 is 0.492 bits per heavy atom. The molecular weight excluding hydrogens is 939 g/mol. The number of rotatable bonds is 31. The van der Waals surface area contributed by atoms with Gasteiger partial charge in [0, 0.05) is 41.1 Å². The maximum absolute atomic E-state index is 12.3. The van der Waals surface area contributed by atoms with E-state index >= 15 is 0 Å². The van der Waals surface area contributed by atoms with Crippen LogP contribution in [0.1, 0.15) is 73.1 Å². The number of esters is 6. The van der Waals surface area contributed by atoms with Crippen molar-refractivity contribution in [2.75, 3.05) is 93.9 Å². The summed E-state index contributed by atoms with van der Waals surface area (Å²) in [6, 6.07) is 6.90. The second kappa shape index (κ2) is 34.3. The lowest BCUT2D eigenvalue weighted by molar-refractivity contribution is -0.174. The van der Waals surface area contributed by atoms with E-state index < -0.39 is 46.6 Å². The number of hydrogen-bond donors (Lipinski definition) is 6. The summed E-state index contributed by atoms with van der Waals surface area (Å²) in [5, 5.41) is 0. The maximum Gasteiger partial charge on any atom is 0.306 e. The van der Waals surface area contributed by atoms with E-state index in [2.05, 4.69) is 82.4 Å². The molecule has 1 aliphatic heterocycles. The first-order valence-electron chi connectivity index (χ1n) is 19.4. The molecule has 0 aromatic heterocycles. The Morgan fingerprint density at radius 3 is 0.968 bits per heavy atom. The molecule has 1 aromatic carbocycles.